The van der Waals surface area contributed by atoms with Crippen LogP contribution in [0.3, 0.4) is 0 Å². The molecule has 2 unspecified atom stereocenters. The quantitative estimate of drug-likeness (QED) is 0.919. The molecule has 1 N–H and O–H groups in total. The zero-order valence-electron chi connectivity index (χ0n) is 15.6. The molecular weight excluding hydrogens is 328 g/mol. The van der Waals surface area contributed by atoms with Gasteiger partial charge in [0.25, 0.3) is 11.8 Å². The van der Waals surface area contributed by atoms with Crippen molar-refractivity contribution >= 4 is 11.8 Å². The number of carbonyl (C=O) groups is 2. The van der Waals surface area contributed by atoms with E-state index in [4.69, 9.17) is 4.74 Å². The van der Waals surface area contributed by atoms with E-state index in [2.05, 4.69) is 12.2 Å². The molecule has 2 atom stereocenters. The highest BCUT2D eigenvalue weighted by Crippen LogP contribution is 2.40. The van der Waals surface area contributed by atoms with Crippen molar-refractivity contribution in [3.05, 3.63) is 64.7 Å². The van der Waals surface area contributed by atoms with Crippen molar-refractivity contribution in [3.8, 4) is 5.75 Å². The Hall–Kier alpha value is -2.82. The van der Waals surface area contributed by atoms with E-state index in [1.54, 1.807) is 31.1 Å². The van der Waals surface area contributed by atoms with Crippen LogP contribution in [0.5, 0.6) is 5.75 Å². The number of ether oxygens (including phenoxy) is 1. The Morgan fingerprint density at radius 1 is 1.12 bits per heavy atom. The maximum Gasteiger partial charge on any atom is 0.257 e. The second-order valence-electron chi connectivity index (χ2n) is 6.77. The highest BCUT2D eigenvalue weighted by molar-refractivity contribution is 5.97. The summed E-state index contributed by atoms with van der Waals surface area (Å²) in [7, 11) is 3.38. The summed E-state index contributed by atoms with van der Waals surface area (Å²) in [6.45, 7) is 4.60. The normalized spacial score (nSPS) is 18.0. The van der Waals surface area contributed by atoms with E-state index in [9.17, 15) is 9.59 Å². The number of hydrogen-bond acceptors (Lipinski definition) is 3. The van der Waals surface area contributed by atoms with Gasteiger partial charge in [0.05, 0.1) is 5.56 Å². The van der Waals surface area contributed by atoms with Gasteiger partial charge in [-0.1, -0.05) is 31.2 Å². The van der Waals surface area contributed by atoms with Gasteiger partial charge in [0.1, 0.15) is 11.9 Å². The van der Waals surface area contributed by atoms with E-state index in [1.165, 1.54) is 0 Å². The van der Waals surface area contributed by atoms with Crippen molar-refractivity contribution < 1.29 is 14.3 Å². The Labute approximate surface area is 154 Å². The summed E-state index contributed by atoms with van der Waals surface area (Å²) < 4.78 is 5.93. The van der Waals surface area contributed by atoms with E-state index >= 15 is 0 Å². The van der Waals surface area contributed by atoms with Crippen LogP contribution in [0, 0.1) is 0 Å². The first-order valence-electron chi connectivity index (χ1n) is 8.78. The summed E-state index contributed by atoms with van der Waals surface area (Å²) >= 11 is 0. The zero-order chi connectivity index (χ0) is 18.8. The first kappa shape index (κ1) is 18.0. The molecule has 5 nitrogen and oxygen atoms in total. The number of nitrogens with zero attached hydrogens (tertiary/aromatic N) is 1. The van der Waals surface area contributed by atoms with Gasteiger partial charge in [0.15, 0.2) is 0 Å². The minimum absolute atomic E-state index is 0.0708. The molecule has 1 aliphatic rings. The van der Waals surface area contributed by atoms with Crippen LogP contribution in [-0.2, 0) is 6.54 Å². The molecule has 0 aromatic heterocycles. The number of fused-ring (bicyclic) bond motifs is 1. The van der Waals surface area contributed by atoms with Crippen molar-refractivity contribution in [2.75, 3.05) is 14.1 Å². The largest absolute Gasteiger partial charge is 0.489 e. The number of amides is 2. The zero-order valence-corrected chi connectivity index (χ0v) is 15.6. The summed E-state index contributed by atoms with van der Waals surface area (Å²) in [5.41, 5.74) is 3.25. The summed E-state index contributed by atoms with van der Waals surface area (Å²) in [5, 5.41) is 2.59. The lowest BCUT2D eigenvalue weighted by atomic mass is 9.96. The van der Waals surface area contributed by atoms with Gasteiger partial charge in [0.2, 0.25) is 0 Å². The molecule has 0 saturated carbocycles. The van der Waals surface area contributed by atoms with E-state index in [0.717, 1.165) is 11.1 Å². The van der Waals surface area contributed by atoms with Gasteiger partial charge in [-0.05, 0) is 30.7 Å². The topological polar surface area (TPSA) is 58.6 Å². The molecule has 2 aromatic carbocycles. The second kappa shape index (κ2) is 7.20. The molecule has 26 heavy (non-hydrogen) atoms. The average Bonchev–Trinajstić information content (AvgIpc) is 2.95. The molecule has 0 spiro atoms. The lowest BCUT2D eigenvalue weighted by Crippen LogP contribution is -2.26. The van der Waals surface area contributed by atoms with Crippen LogP contribution in [0.2, 0.25) is 0 Å². The number of hydrogen-bond donors (Lipinski definition) is 1. The fourth-order valence-corrected chi connectivity index (χ4v) is 3.21. The lowest BCUT2D eigenvalue weighted by Gasteiger charge is -2.19. The van der Waals surface area contributed by atoms with Crippen molar-refractivity contribution in [1.29, 1.82) is 0 Å². The van der Waals surface area contributed by atoms with Crippen LogP contribution in [-0.4, -0.2) is 36.9 Å². The number of rotatable bonds is 4. The Balaban J connectivity index is 1.76. The van der Waals surface area contributed by atoms with Gasteiger partial charge in [-0.3, -0.25) is 9.59 Å². The molecule has 2 aromatic rings. The standard InChI is InChI=1S/C21H24N2O3/c1-13-14(2)26-19-17(13)6-5-7-18(19)21(25)23(4)12-15-8-10-16(11-9-15)20(24)22-3/h5-11,13-14H,12H2,1-4H3,(H,22,24). The summed E-state index contributed by atoms with van der Waals surface area (Å²) in [6, 6.07) is 13.0. The Morgan fingerprint density at radius 3 is 2.46 bits per heavy atom. The van der Waals surface area contributed by atoms with Gasteiger partial charge >= 0.3 is 0 Å². The first-order chi connectivity index (χ1) is 12.4. The maximum absolute atomic E-state index is 12.9. The van der Waals surface area contributed by atoms with Crippen molar-refractivity contribution in [3.63, 3.8) is 0 Å². The van der Waals surface area contributed by atoms with E-state index in [1.807, 2.05) is 37.3 Å². The number of carbonyl (C=O) groups excluding carboxylic acids is 2. The molecule has 136 valence electrons. The fraction of sp³-hybridized carbons (Fsp3) is 0.333. The van der Waals surface area contributed by atoms with Gasteiger partial charge in [-0.25, -0.2) is 0 Å². The van der Waals surface area contributed by atoms with Crippen molar-refractivity contribution in [1.82, 2.24) is 10.2 Å². The van der Waals surface area contributed by atoms with E-state index in [0.29, 0.717) is 23.4 Å². The van der Waals surface area contributed by atoms with Crippen LogP contribution < -0.4 is 10.1 Å². The first-order valence-corrected chi connectivity index (χ1v) is 8.78. The van der Waals surface area contributed by atoms with Crippen LogP contribution in [0.1, 0.15) is 51.6 Å². The third-order valence-electron chi connectivity index (χ3n) is 4.98. The Morgan fingerprint density at radius 2 is 1.81 bits per heavy atom. The van der Waals surface area contributed by atoms with Crippen molar-refractivity contribution in [2.45, 2.75) is 32.4 Å². The second-order valence-corrected chi connectivity index (χ2v) is 6.77. The van der Waals surface area contributed by atoms with Crippen LogP contribution >= 0.6 is 0 Å². The van der Waals surface area contributed by atoms with Crippen LogP contribution in [0.25, 0.3) is 0 Å². The maximum atomic E-state index is 12.9. The molecule has 0 bridgehead atoms. The highest BCUT2D eigenvalue weighted by Gasteiger charge is 2.31. The molecule has 0 fully saturated rings. The predicted molar refractivity (Wildman–Crippen MR) is 101 cm³/mol. The van der Waals surface area contributed by atoms with Crippen molar-refractivity contribution in [2.24, 2.45) is 0 Å². The SMILES string of the molecule is CNC(=O)c1ccc(CN(C)C(=O)c2cccc3c2OC(C)C3C)cc1. The third kappa shape index (κ3) is 3.29. The molecule has 5 heteroatoms. The number of para-hydroxylation sites is 1. The Bertz CT molecular complexity index is 830. The molecule has 1 aliphatic heterocycles. The van der Waals surface area contributed by atoms with Gasteiger partial charge in [-0.15, -0.1) is 0 Å². The van der Waals surface area contributed by atoms with Crippen LogP contribution in [0.4, 0.5) is 0 Å². The number of nitrogens with one attached hydrogen (secondary N) is 1. The monoisotopic (exact) mass is 352 g/mol. The third-order valence-corrected chi connectivity index (χ3v) is 4.98. The van der Waals surface area contributed by atoms with E-state index in [-0.39, 0.29) is 23.8 Å². The average molecular weight is 352 g/mol. The fourth-order valence-electron chi connectivity index (χ4n) is 3.21. The molecule has 2 amide bonds. The van der Waals surface area contributed by atoms with Gasteiger partial charge in [0, 0.05) is 37.7 Å². The summed E-state index contributed by atoms with van der Waals surface area (Å²) in [5.74, 6) is 0.791. The number of benzene rings is 2. The van der Waals surface area contributed by atoms with Crippen LogP contribution in [0.15, 0.2) is 42.5 Å². The predicted octanol–water partition coefficient (Wildman–Crippen LogP) is 3.20. The summed E-state index contributed by atoms with van der Waals surface area (Å²) in [6.07, 6.45) is 0.0708. The minimum atomic E-state index is -0.124. The van der Waals surface area contributed by atoms with Gasteiger partial charge < -0.3 is 15.0 Å². The molecule has 3 rings (SSSR count). The Kier molecular flexibility index (Phi) is 4.98. The molecule has 1 heterocycles. The smallest absolute Gasteiger partial charge is 0.257 e. The summed E-state index contributed by atoms with van der Waals surface area (Å²) in [4.78, 5) is 26.2. The highest BCUT2D eigenvalue weighted by atomic mass is 16.5. The molecular formula is C21H24N2O3. The van der Waals surface area contributed by atoms with E-state index < -0.39 is 0 Å². The molecule has 0 aliphatic carbocycles. The lowest BCUT2D eigenvalue weighted by molar-refractivity contribution is 0.0779. The molecule has 0 saturated heterocycles. The minimum Gasteiger partial charge on any atom is -0.489 e. The molecule has 0 radical (unpaired) electrons. The van der Waals surface area contributed by atoms with Gasteiger partial charge in [-0.2, -0.15) is 0 Å².